The summed E-state index contributed by atoms with van der Waals surface area (Å²) in [4.78, 5) is 14.7. The molecule has 2 N–H and O–H groups in total. The maximum absolute atomic E-state index is 13.2. The number of amides is 1. The Morgan fingerprint density at radius 2 is 2.00 bits per heavy atom. The van der Waals surface area contributed by atoms with Crippen LogP contribution in [-0.4, -0.2) is 16.0 Å². The highest BCUT2D eigenvalue weighted by atomic mass is 35.5. The second-order valence-electron chi connectivity index (χ2n) is 3.59. The minimum atomic E-state index is -1.15. The van der Waals surface area contributed by atoms with Crippen molar-refractivity contribution < 1.29 is 18.7 Å². The average Bonchev–Trinajstić information content (AvgIpc) is 2.32. The highest BCUT2D eigenvalue weighted by molar-refractivity contribution is 6.30. The number of hydrogen-bond acceptors (Lipinski definition) is 3. The molecular weight excluding hydrogens is 278 g/mol. The summed E-state index contributed by atoms with van der Waals surface area (Å²) in [7, 11) is 0. The average molecular weight is 285 g/mol. The van der Waals surface area contributed by atoms with Crippen LogP contribution >= 0.6 is 11.6 Å². The Morgan fingerprint density at radius 1 is 1.26 bits per heavy atom. The van der Waals surface area contributed by atoms with Gasteiger partial charge < -0.3 is 10.4 Å². The molecular formula is C12H7ClF2N2O2. The molecule has 0 aliphatic heterocycles. The number of rotatable bonds is 2. The third-order valence-corrected chi connectivity index (χ3v) is 2.50. The summed E-state index contributed by atoms with van der Waals surface area (Å²) >= 11 is 5.62. The quantitative estimate of drug-likeness (QED) is 0.834. The van der Waals surface area contributed by atoms with Crippen LogP contribution in [0, 0.1) is 11.9 Å². The number of halogens is 3. The van der Waals surface area contributed by atoms with E-state index in [4.69, 9.17) is 11.6 Å². The number of aromatic hydroxyl groups is 1. The number of phenolic OH excluding ortho intramolecular Hbond substituents is 1. The molecule has 7 heteroatoms. The second kappa shape index (κ2) is 5.19. The number of hydrogen-bond donors (Lipinski definition) is 2. The number of carbonyl (C=O) groups excluding carboxylic acids is 1. The molecule has 1 aromatic heterocycles. The Hall–Kier alpha value is -2.21. The normalized spacial score (nSPS) is 10.3. The fourth-order valence-corrected chi connectivity index (χ4v) is 1.56. The molecule has 0 aliphatic carbocycles. The predicted molar refractivity (Wildman–Crippen MR) is 65.2 cm³/mol. The summed E-state index contributed by atoms with van der Waals surface area (Å²) in [6.45, 7) is 0. The van der Waals surface area contributed by atoms with Gasteiger partial charge in [-0.1, -0.05) is 11.6 Å². The Morgan fingerprint density at radius 3 is 2.63 bits per heavy atom. The standard InChI is InChI=1S/C12H7ClF2N2O2/c13-6-1-2-7(9(18)5-6)12(19)16-8-3-4-10(14)17-11(8)15/h1-5,18H,(H,16,19). The van der Waals surface area contributed by atoms with Crippen LogP contribution in [0.4, 0.5) is 14.5 Å². The van der Waals surface area contributed by atoms with Crippen molar-refractivity contribution in [1.29, 1.82) is 0 Å². The number of pyridine rings is 1. The fourth-order valence-electron chi connectivity index (χ4n) is 1.39. The van der Waals surface area contributed by atoms with Crippen molar-refractivity contribution in [3.8, 4) is 5.75 Å². The Bertz CT molecular complexity index is 650. The fraction of sp³-hybridized carbons (Fsp3) is 0. The van der Waals surface area contributed by atoms with Crippen molar-refractivity contribution in [2.75, 3.05) is 5.32 Å². The van der Waals surface area contributed by atoms with Crippen molar-refractivity contribution in [1.82, 2.24) is 4.98 Å². The van der Waals surface area contributed by atoms with Crippen molar-refractivity contribution in [2.45, 2.75) is 0 Å². The molecule has 1 aromatic carbocycles. The molecule has 1 amide bonds. The molecule has 0 saturated carbocycles. The summed E-state index contributed by atoms with van der Waals surface area (Å²) in [6, 6.07) is 5.79. The predicted octanol–water partition coefficient (Wildman–Crippen LogP) is 2.97. The first-order chi connectivity index (χ1) is 8.97. The number of carbonyl (C=O) groups is 1. The van der Waals surface area contributed by atoms with Crippen molar-refractivity contribution in [3.63, 3.8) is 0 Å². The maximum atomic E-state index is 13.2. The molecule has 0 atom stereocenters. The zero-order chi connectivity index (χ0) is 14.0. The largest absolute Gasteiger partial charge is 0.507 e. The molecule has 0 aliphatic rings. The van der Waals surface area contributed by atoms with Crippen molar-refractivity contribution in [3.05, 3.63) is 52.8 Å². The van der Waals surface area contributed by atoms with Gasteiger partial charge in [-0.2, -0.15) is 13.8 Å². The maximum Gasteiger partial charge on any atom is 0.259 e. The number of anilines is 1. The van der Waals surface area contributed by atoms with Gasteiger partial charge in [-0.15, -0.1) is 0 Å². The van der Waals surface area contributed by atoms with Gasteiger partial charge in [0, 0.05) is 5.02 Å². The van der Waals surface area contributed by atoms with Crippen LogP contribution in [0.15, 0.2) is 30.3 Å². The first-order valence-electron chi connectivity index (χ1n) is 5.09. The van der Waals surface area contributed by atoms with Crippen LogP contribution < -0.4 is 5.32 Å². The first-order valence-corrected chi connectivity index (χ1v) is 5.47. The summed E-state index contributed by atoms with van der Waals surface area (Å²) < 4.78 is 25.8. The number of benzene rings is 1. The number of nitrogens with zero attached hydrogens (tertiary/aromatic N) is 1. The van der Waals surface area contributed by atoms with Gasteiger partial charge in [-0.25, -0.2) is 0 Å². The monoisotopic (exact) mass is 284 g/mol. The molecule has 1 heterocycles. The van der Waals surface area contributed by atoms with E-state index in [0.29, 0.717) is 0 Å². The van der Waals surface area contributed by atoms with Gasteiger partial charge in [0.1, 0.15) is 5.75 Å². The van der Waals surface area contributed by atoms with Gasteiger partial charge in [0.15, 0.2) is 0 Å². The molecule has 2 rings (SSSR count). The number of phenols is 1. The van der Waals surface area contributed by atoms with Crippen molar-refractivity contribution >= 4 is 23.2 Å². The zero-order valence-electron chi connectivity index (χ0n) is 9.32. The van der Waals surface area contributed by atoms with Crippen LogP contribution in [-0.2, 0) is 0 Å². The molecule has 0 radical (unpaired) electrons. The van der Waals surface area contributed by atoms with Gasteiger partial charge in [-0.3, -0.25) is 4.79 Å². The molecule has 2 aromatic rings. The summed E-state index contributed by atoms with van der Waals surface area (Å²) in [6.07, 6.45) is 0. The minimum Gasteiger partial charge on any atom is -0.507 e. The van der Waals surface area contributed by atoms with Gasteiger partial charge in [0.05, 0.1) is 11.3 Å². The second-order valence-corrected chi connectivity index (χ2v) is 4.02. The van der Waals surface area contributed by atoms with E-state index >= 15 is 0 Å². The molecule has 19 heavy (non-hydrogen) atoms. The third-order valence-electron chi connectivity index (χ3n) is 2.27. The zero-order valence-corrected chi connectivity index (χ0v) is 10.1. The van der Waals surface area contributed by atoms with E-state index < -0.39 is 17.8 Å². The molecule has 0 unspecified atom stereocenters. The lowest BCUT2D eigenvalue weighted by Gasteiger charge is -2.07. The Labute approximate surface area is 111 Å². The van der Waals surface area contributed by atoms with E-state index in [1.54, 1.807) is 0 Å². The highest BCUT2D eigenvalue weighted by Gasteiger charge is 2.14. The lowest BCUT2D eigenvalue weighted by atomic mass is 10.2. The lowest BCUT2D eigenvalue weighted by molar-refractivity contribution is 0.102. The highest BCUT2D eigenvalue weighted by Crippen LogP contribution is 2.23. The van der Waals surface area contributed by atoms with Crippen LogP contribution in [0.1, 0.15) is 10.4 Å². The van der Waals surface area contributed by atoms with Crippen molar-refractivity contribution in [2.24, 2.45) is 0 Å². The number of aromatic nitrogens is 1. The smallest absolute Gasteiger partial charge is 0.259 e. The van der Waals surface area contributed by atoms with Crippen LogP contribution in [0.5, 0.6) is 5.75 Å². The van der Waals surface area contributed by atoms with Gasteiger partial charge >= 0.3 is 0 Å². The van der Waals surface area contributed by atoms with E-state index in [-0.39, 0.29) is 22.0 Å². The van der Waals surface area contributed by atoms with E-state index in [2.05, 4.69) is 10.3 Å². The Kier molecular flexibility index (Phi) is 3.62. The van der Waals surface area contributed by atoms with Crippen LogP contribution in [0.2, 0.25) is 5.02 Å². The van der Waals surface area contributed by atoms with Crippen LogP contribution in [0.3, 0.4) is 0 Å². The molecule has 4 nitrogen and oxygen atoms in total. The number of nitrogens with one attached hydrogen (secondary N) is 1. The lowest BCUT2D eigenvalue weighted by Crippen LogP contribution is -2.14. The molecule has 0 fully saturated rings. The SMILES string of the molecule is O=C(Nc1ccc(F)nc1F)c1ccc(Cl)cc1O. The minimum absolute atomic E-state index is 0.0897. The van der Waals surface area contributed by atoms with Gasteiger partial charge in [0.25, 0.3) is 5.91 Å². The van der Waals surface area contributed by atoms with E-state index in [1.165, 1.54) is 18.2 Å². The van der Waals surface area contributed by atoms with E-state index in [9.17, 15) is 18.7 Å². The Balaban J connectivity index is 2.25. The summed E-state index contributed by atoms with van der Waals surface area (Å²) in [5.74, 6) is -3.26. The van der Waals surface area contributed by atoms with Crippen LogP contribution in [0.25, 0.3) is 0 Å². The van der Waals surface area contributed by atoms with Gasteiger partial charge in [0.2, 0.25) is 11.9 Å². The molecule has 0 bridgehead atoms. The summed E-state index contributed by atoms with van der Waals surface area (Å²) in [5, 5.41) is 12.0. The molecule has 0 saturated heterocycles. The molecule has 98 valence electrons. The van der Waals surface area contributed by atoms with E-state index in [1.807, 2.05) is 0 Å². The first kappa shape index (κ1) is 13.2. The summed E-state index contributed by atoms with van der Waals surface area (Å²) in [5.41, 5.74) is -0.381. The topological polar surface area (TPSA) is 62.2 Å². The third kappa shape index (κ3) is 2.97. The van der Waals surface area contributed by atoms with Gasteiger partial charge in [-0.05, 0) is 30.3 Å². The molecule has 0 spiro atoms. The van der Waals surface area contributed by atoms with E-state index in [0.717, 1.165) is 12.1 Å².